The molecular weight excluding hydrogens is 270 g/mol. The monoisotopic (exact) mass is 293 g/mol. The molecule has 1 unspecified atom stereocenters. The Kier molecular flexibility index (Phi) is 6.17. The smallest absolute Gasteiger partial charge is 0.325 e. The second-order valence-corrected chi connectivity index (χ2v) is 5.18. The lowest BCUT2D eigenvalue weighted by atomic mass is 9.92. The van der Waals surface area contributed by atoms with E-state index in [0.29, 0.717) is 26.4 Å². The molecule has 0 saturated carbocycles. The average Bonchev–Trinajstić information content (AvgIpc) is 2.50. The predicted molar refractivity (Wildman–Crippen MR) is 79.4 cm³/mol. The number of benzene rings is 1. The summed E-state index contributed by atoms with van der Waals surface area (Å²) in [5.41, 5.74) is 2.05. The van der Waals surface area contributed by atoms with E-state index in [1.165, 1.54) is 0 Å². The largest absolute Gasteiger partial charge is 0.480 e. The molecule has 1 aromatic rings. The van der Waals surface area contributed by atoms with Crippen molar-refractivity contribution in [2.45, 2.75) is 18.9 Å². The Morgan fingerprint density at radius 3 is 2.90 bits per heavy atom. The van der Waals surface area contributed by atoms with Gasteiger partial charge in [-0.05, 0) is 24.0 Å². The van der Waals surface area contributed by atoms with Gasteiger partial charge in [0.25, 0.3) is 0 Å². The minimum absolute atomic E-state index is 0.551. The summed E-state index contributed by atoms with van der Waals surface area (Å²) in [5.74, 6) is -0.790. The Balaban J connectivity index is 1.90. The summed E-state index contributed by atoms with van der Waals surface area (Å²) < 4.78 is 10.5. The Morgan fingerprint density at radius 2 is 2.14 bits per heavy atom. The Hall–Kier alpha value is -1.43. The molecule has 0 bridgehead atoms. The van der Waals surface area contributed by atoms with Gasteiger partial charge in [0.1, 0.15) is 6.04 Å². The zero-order valence-electron chi connectivity index (χ0n) is 12.5. The van der Waals surface area contributed by atoms with Crippen molar-refractivity contribution in [1.29, 1.82) is 0 Å². The number of carboxylic acids is 1. The predicted octanol–water partition coefficient (Wildman–Crippen LogP) is 1.72. The number of carboxylic acid groups (broad SMARTS) is 1. The van der Waals surface area contributed by atoms with E-state index >= 15 is 0 Å². The van der Waals surface area contributed by atoms with Crippen LogP contribution in [0, 0.1) is 0 Å². The van der Waals surface area contributed by atoms with Crippen LogP contribution in [0.2, 0.25) is 0 Å². The van der Waals surface area contributed by atoms with Crippen molar-refractivity contribution in [3.8, 4) is 0 Å². The van der Waals surface area contributed by atoms with Crippen molar-refractivity contribution in [2.24, 2.45) is 0 Å². The second kappa shape index (κ2) is 8.12. The maximum Gasteiger partial charge on any atom is 0.325 e. The van der Waals surface area contributed by atoms with E-state index in [1.54, 1.807) is 7.11 Å². The maximum atomic E-state index is 11.6. The highest BCUT2D eigenvalue weighted by Crippen LogP contribution is 2.29. The normalized spacial score (nSPS) is 18.4. The molecule has 21 heavy (non-hydrogen) atoms. The number of nitrogens with zero attached hydrogens (tertiary/aromatic N) is 1. The first-order chi connectivity index (χ1) is 10.2. The van der Waals surface area contributed by atoms with Crippen LogP contribution < -0.4 is 0 Å². The molecule has 1 heterocycles. The van der Waals surface area contributed by atoms with Crippen molar-refractivity contribution < 1.29 is 19.4 Å². The van der Waals surface area contributed by atoms with Gasteiger partial charge in [0.05, 0.1) is 6.61 Å². The van der Waals surface area contributed by atoms with Gasteiger partial charge < -0.3 is 14.6 Å². The first-order valence-electron chi connectivity index (χ1n) is 7.35. The molecule has 1 atom stereocenters. The van der Waals surface area contributed by atoms with E-state index in [2.05, 4.69) is 0 Å². The van der Waals surface area contributed by atoms with Gasteiger partial charge in [0.2, 0.25) is 0 Å². The summed E-state index contributed by atoms with van der Waals surface area (Å²) in [6.07, 6.45) is 1.76. The minimum Gasteiger partial charge on any atom is -0.480 e. The van der Waals surface area contributed by atoms with Crippen molar-refractivity contribution in [3.63, 3.8) is 0 Å². The molecule has 0 aliphatic carbocycles. The summed E-state index contributed by atoms with van der Waals surface area (Å²) in [6.45, 7) is 3.29. The van der Waals surface area contributed by atoms with Crippen LogP contribution in [0.4, 0.5) is 0 Å². The lowest BCUT2D eigenvalue weighted by Crippen LogP contribution is -2.41. The first-order valence-corrected chi connectivity index (χ1v) is 7.35. The third kappa shape index (κ3) is 4.27. The van der Waals surface area contributed by atoms with Gasteiger partial charge in [-0.2, -0.15) is 0 Å². The van der Waals surface area contributed by atoms with E-state index in [0.717, 1.165) is 30.5 Å². The molecule has 0 saturated heterocycles. The average molecular weight is 293 g/mol. The highest BCUT2D eigenvalue weighted by atomic mass is 16.5. The summed E-state index contributed by atoms with van der Waals surface area (Å²) in [6, 6.07) is 7.24. The quantitative estimate of drug-likeness (QED) is 0.740. The topological polar surface area (TPSA) is 59.0 Å². The number of methoxy groups -OCH3 is 1. The van der Waals surface area contributed by atoms with Crippen molar-refractivity contribution in [3.05, 3.63) is 35.4 Å². The minimum atomic E-state index is -0.790. The number of carbonyl (C=O) groups is 1. The van der Waals surface area contributed by atoms with Gasteiger partial charge in [-0.25, -0.2) is 0 Å². The van der Waals surface area contributed by atoms with Crippen LogP contribution in [0.15, 0.2) is 24.3 Å². The number of ether oxygens (including phenoxy) is 2. The summed E-state index contributed by atoms with van der Waals surface area (Å²) in [4.78, 5) is 13.6. The van der Waals surface area contributed by atoms with Crippen LogP contribution in [0.1, 0.15) is 23.6 Å². The van der Waals surface area contributed by atoms with Crippen LogP contribution in [0.3, 0.4) is 0 Å². The Morgan fingerprint density at radius 1 is 1.33 bits per heavy atom. The second-order valence-electron chi connectivity index (χ2n) is 5.18. The standard InChI is InChI=1S/C16H23NO4/c1-20-10-4-11-21-12-9-17-8-7-13-5-2-3-6-14(13)15(17)16(18)19/h2-3,5-6,15H,4,7-12H2,1H3,(H,18,19). The van der Waals surface area contributed by atoms with Crippen LogP contribution in [-0.2, 0) is 20.7 Å². The molecule has 116 valence electrons. The van der Waals surface area contributed by atoms with Gasteiger partial charge in [-0.3, -0.25) is 9.69 Å². The van der Waals surface area contributed by atoms with Gasteiger partial charge in [-0.15, -0.1) is 0 Å². The zero-order valence-corrected chi connectivity index (χ0v) is 12.5. The highest BCUT2D eigenvalue weighted by Gasteiger charge is 2.32. The Labute approximate surface area is 125 Å². The third-order valence-electron chi connectivity index (χ3n) is 3.78. The van der Waals surface area contributed by atoms with Crippen molar-refractivity contribution >= 4 is 5.97 Å². The lowest BCUT2D eigenvalue weighted by Gasteiger charge is -2.34. The van der Waals surface area contributed by atoms with E-state index in [9.17, 15) is 9.90 Å². The summed E-state index contributed by atoms with van der Waals surface area (Å²) in [7, 11) is 1.67. The van der Waals surface area contributed by atoms with Crippen molar-refractivity contribution in [2.75, 3.05) is 40.0 Å². The zero-order chi connectivity index (χ0) is 15.1. The van der Waals surface area contributed by atoms with Gasteiger partial charge in [0.15, 0.2) is 0 Å². The van der Waals surface area contributed by atoms with Crippen LogP contribution in [0.5, 0.6) is 0 Å². The third-order valence-corrected chi connectivity index (χ3v) is 3.78. The molecule has 5 nitrogen and oxygen atoms in total. The van der Waals surface area contributed by atoms with Gasteiger partial charge in [-0.1, -0.05) is 24.3 Å². The first kappa shape index (κ1) is 15.9. The van der Waals surface area contributed by atoms with Crippen LogP contribution in [-0.4, -0.2) is 56.0 Å². The molecule has 2 rings (SSSR count). The molecule has 0 fully saturated rings. The molecule has 1 aliphatic rings. The van der Waals surface area contributed by atoms with Gasteiger partial charge >= 0.3 is 5.97 Å². The fourth-order valence-corrected chi connectivity index (χ4v) is 2.74. The number of hydrogen-bond acceptors (Lipinski definition) is 4. The molecule has 1 N–H and O–H groups in total. The van der Waals surface area contributed by atoms with E-state index < -0.39 is 12.0 Å². The maximum absolute atomic E-state index is 11.6. The molecule has 5 heteroatoms. The number of aliphatic carboxylic acids is 1. The lowest BCUT2D eigenvalue weighted by molar-refractivity contribution is -0.144. The fourth-order valence-electron chi connectivity index (χ4n) is 2.74. The molecule has 0 aromatic heterocycles. The fraction of sp³-hybridized carbons (Fsp3) is 0.562. The van der Waals surface area contributed by atoms with Crippen LogP contribution >= 0.6 is 0 Å². The van der Waals surface area contributed by atoms with E-state index in [4.69, 9.17) is 9.47 Å². The van der Waals surface area contributed by atoms with Crippen LogP contribution in [0.25, 0.3) is 0 Å². The molecule has 0 radical (unpaired) electrons. The number of fused-ring (bicyclic) bond motifs is 1. The highest BCUT2D eigenvalue weighted by molar-refractivity contribution is 5.76. The summed E-state index contributed by atoms with van der Waals surface area (Å²) >= 11 is 0. The molecule has 1 aliphatic heterocycles. The summed E-state index contributed by atoms with van der Waals surface area (Å²) in [5, 5.41) is 9.53. The molecule has 0 spiro atoms. The molecule has 0 amide bonds. The van der Waals surface area contributed by atoms with Gasteiger partial charge in [0, 0.05) is 33.4 Å². The SMILES string of the molecule is COCCCOCCN1CCc2ccccc2C1C(=O)O. The molecule has 1 aromatic carbocycles. The van der Waals surface area contributed by atoms with Crippen molar-refractivity contribution in [1.82, 2.24) is 4.90 Å². The molecular formula is C16H23NO4. The number of rotatable bonds is 8. The van der Waals surface area contributed by atoms with E-state index in [-0.39, 0.29) is 0 Å². The van der Waals surface area contributed by atoms with E-state index in [1.807, 2.05) is 29.2 Å². The Bertz CT molecular complexity index is 463. The number of hydrogen-bond donors (Lipinski definition) is 1.